The Hall–Kier alpha value is -3.56. The summed E-state index contributed by atoms with van der Waals surface area (Å²) in [5.74, 6) is -1.49. The van der Waals surface area contributed by atoms with Crippen LogP contribution in [0.2, 0.25) is 0 Å². The average molecular weight is 383 g/mol. The molecule has 0 spiro atoms. The third-order valence-electron chi connectivity index (χ3n) is 4.07. The van der Waals surface area contributed by atoms with E-state index < -0.39 is 17.8 Å². The number of nitrogens with one attached hydrogen (secondary N) is 1. The van der Waals surface area contributed by atoms with Crippen LogP contribution in [0.25, 0.3) is 0 Å². The molecule has 1 aliphatic heterocycles. The summed E-state index contributed by atoms with van der Waals surface area (Å²) in [4.78, 5) is 50.8. The molecule has 1 saturated heterocycles. The van der Waals surface area contributed by atoms with Crippen LogP contribution < -0.4 is 11.1 Å². The lowest BCUT2D eigenvalue weighted by atomic mass is 10.2. The normalized spacial score (nSPS) is 14.4. The minimum atomic E-state index is -0.905. The van der Waals surface area contributed by atoms with E-state index in [2.05, 4.69) is 20.3 Å². The van der Waals surface area contributed by atoms with Crippen molar-refractivity contribution in [2.75, 3.05) is 17.6 Å². The van der Waals surface area contributed by atoms with Gasteiger partial charge in [0.25, 0.3) is 0 Å². The van der Waals surface area contributed by atoms with Crippen molar-refractivity contribution >= 4 is 35.4 Å². The van der Waals surface area contributed by atoms with Gasteiger partial charge in [0.05, 0.1) is 6.54 Å². The molecule has 0 unspecified atom stereocenters. The summed E-state index contributed by atoms with van der Waals surface area (Å²) in [6.45, 7) is 5.52. The lowest BCUT2D eigenvalue weighted by molar-refractivity contribution is -0.143. The number of aryl methyl sites for hydroxylation is 1. The first-order chi connectivity index (χ1) is 13.3. The van der Waals surface area contributed by atoms with E-state index in [4.69, 9.17) is 5.73 Å². The Morgan fingerprint density at radius 1 is 1.04 bits per heavy atom. The van der Waals surface area contributed by atoms with Crippen molar-refractivity contribution in [2.24, 2.45) is 5.92 Å². The van der Waals surface area contributed by atoms with Crippen molar-refractivity contribution in [3.05, 3.63) is 35.7 Å². The van der Waals surface area contributed by atoms with Crippen LogP contribution in [-0.2, 0) is 16.1 Å². The third kappa shape index (κ3) is 3.90. The monoisotopic (exact) mass is 383 g/mol. The summed E-state index contributed by atoms with van der Waals surface area (Å²) in [5, 5.41) is 3.04. The van der Waals surface area contributed by atoms with Crippen LogP contribution in [-0.4, -0.2) is 49.1 Å². The number of nitrogen functional groups attached to an aromatic ring is 1. The van der Waals surface area contributed by atoms with Crippen LogP contribution in [0.4, 0.5) is 22.4 Å². The van der Waals surface area contributed by atoms with Gasteiger partial charge >= 0.3 is 17.8 Å². The number of para-hydroxylation sites is 1. The van der Waals surface area contributed by atoms with Crippen molar-refractivity contribution in [1.82, 2.24) is 24.8 Å². The van der Waals surface area contributed by atoms with Gasteiger partial charge < -0.3 is 11.1 Å². The fourth-order valence-electron chi connectivity index (χ4n) is 2.76. The zero-order valence-corrected chi connectivity index (χ0v) is 15.8. The molecule has 0 saturated carbocycles. The molecule has 1 aliphatic rings. The number of imide groups is 2. The zero-order chi connectivity index (χ0) is 20.4. The molecular weight excluding hydrogens is 362 g/mol. The SMILES string of the molecule is Cc1ccccc1Nc1nc(N)nc(CN2C(=O)C(=O)N(CC(C)C)C2=O)n1. The van der Waals surface area contributed by atoms with Crippen molar-refractivity contribution in [3.63, 3.8) is 0 Å². The van der Waals surface area contributed by atoms with E-state index >= 15 is 0 Å². The summed E-state index contributed by atoms with van der Waals surface area (Å²) in [6.07, 6.45) is 0. The second-order valence-electron chi connectivity index (χ2n) is 6.86. The van der Waals surface area contributed by atoms with Crippen LogP contribution in [0.1, 0.15) is 25.2 Å². The quantitative estimate of drug-likeness (QED) is 0.565. The molecule has 2 heterocycles. The van der Waals surface area contributed by atoms with Gasteiger partial charge in [-0.1, -0.05) is 32.0 Å². The molecule has 10 heteroatoms. The Kier molecular flexibility index (Phi) is 5.21. The summed E-state index contributed by atoms with van der Waals surface area (Å²) >= 11 is 0. The van der Waals surface area contributed by atoms with Gasteiger partial charge in [0.1, 0.15) is 0 Å². The molecule has 1 fully saturated rings. The maximum atomic E-state index is 12.5. The first kappa shape index (κ1) is 19.2. The molecular formula is C18H21N7O3. The minimum Gasteiger partial charge on any atom is -0.368 e. The topological polar surface area (TPSA) is 134 Å². The highest BCUT2D eigenvalue weighted by molar-refractivity contribution is 6.44. The van der Waals surface area contributed by atoms with E-state index in [9.17, 15) is 14.4 Å². The average Bonchev–Trinajstić information content (AvgIpc) is 2.81. The van der Waals surface area contributed by atoms with Gasteiger partial charge in [0.15, 0.2) is 5.82 Å². The van der Waals surface area contributed by atoms with Crippen molar-refractivity contribution in [3.8, 4) is 0 Å². The molecule has 0 aliphatic carbocycles. The maximum absolute atomic E-state index is 12.5. The van der Waals surface area contributed by atoms with Gasteiger partial charge in [0.2, 0.25) is 11.9 Å². The molecule has 28 heavy (non-hydrogen) atoms. The highest BCUT2D eigenvalue weighted by Crippen LogP contribution is 2.20. The lowest BCUT2D eigenvalue weighted by Gasteiger charge is -2.16. The highest BCUT2D eigenvalue weighted by Gasteiger charge is 2.44. The predicted molar refractivity (Wildman–Crippen MR) is 101 cm³/mol. The van der Waals surface area contributed by atoms with Gasteiger partial charge in [-0.15, -0.1) is 0 Å². The molecule has 2 aromatic rings. The van der Waals surface area contributed by atoms with Crippen LogP contribution in [0.3, 0.4) is 0 Å². The van der Waals surface area contributed by atoms with Gasteiger partial charge in [-0.05, 0) is 24.5 Å². The maximum Gasteiger partial charge on any atom is 0.334 e. The summed E-state index contributed by atoms with van der Waals surface area (Å²) in [5.41, 5.74) is 7.51. The predicted octanol–water partition coefficient (Wildman–Crippen LogP) is 1.45. The number of aromatic nitrogens is 3. The number of rotatable bonds is 6. The second-order valence-corrected chi connectivity index (χ2v) is 6.86. The number of nitrogens with two attached hydrogens (primary N) is 1. The van der Waals surface area contributed by atoms with Crippen LogP contribution >= 0.6 is 0 Å². The Balaban J connectivity index is 1.82. The third-order valence-corrected chi connectivity index (χ3v) is 4.07. The van der Waals surface area contributed by atoms with Gasteiger partial charge in [-0.3, -0.25) is 14.5 Å². The minimum absolute atomic E-state index is 0.0402. The Morgan fingerprint density at radius 2 is 1.71 bits per heavy atom. The van der Waals surface area contributed by atoms with E-state index in [1.807, 2.05) is 45.0 Å². The molecule has 10 nitrogen and oxygen atoms in total. The smallest absolute Gasteiger partial charge is 0.334 e. The molecule has 146 valence electrons. The highest BCUT2D eigenvalue weighted by atomic mass is 16.2. The molecule has 1 aromatic carbocycles. The molecule has 0 atom stereocenters. The van der Waals surface area contributed by atoms with Crippen molar-refractivity contribution in [2.45, 2.75) is 27.3 Å². The van der Waals surface area contributed by atoms with Crippen LogP contribution in [0.15, 0.2) is 24.3 Å². The number of hydrogen-bond acceptors (Lipinski definition) is 8. The van der Waals surface area contributed by atoms with Gasteiger partial charge in [0, 0.05) is 12.2 Å². The van der Waals surface area contributed by atoms with E-state index in [1.54, 1.807) is 0 Å². The first-order valence-corrected chi connectivity index (χ1v) is 8.76. The van der Waals surface area contributed by atoms with Gasteiger partial charge in [-0.25, -0.2) is 9.69 Å². The number of hydrogen-bond donors (Lipinski definition) is 2. The fourth-order valence-corrected chi connectivity index (χ4v) is 2.76. The van der Waals surface area contributed by atoms with E-state index in [1.165, 1.54) is 0 Å². The molecule has 4 amide bonds. The van der Waals surface area contributed by atoms with E-state index in [0.717, 1.165) is 21.1 Å². The fraction of sp³-hybridized carbons (Fsp3) is 0.333. The number of carbonyl (C=O) groups excluding carboxylic acids is 3. The van der Waals surface area contributed by atoms with E-state index in [-0.39, 0.29) is 36.7 Å². The molecule has 3 rings (SSSR count). The largest absolute Gasteiger partial charge is 0.368 e. The molecule has 1 aromatic heterocycles. The number of benzene rings is 1. The molecule has 0 radical (unpaired) electrons. The van der Waals surface area contributed by atoms with E-state index in [0.29, 0.717) is 0 Å². The summed E-state index contributed by atoms with van der Waals surface area (Å²) in [6, 6.07) is 6.85. The Bertz CT molecular complexity index is 945. The second kappa shape index (κ2) is 7.59. The van der Waals surface area contributed by atoms with Crippen molar-refractivity contribution < 1.29 is 14.4 Å². The number of amides is 4. The number of anilines is 3. The van der Waals surface area contributed by atoms with Gasteiger partial charge in [-0.2, -0.15) is 15.0 Å². The lowest BCUT2D eigenvalue weighted by Crippen LogP contribution is -2.35. The zero-order valence-electron chi connectivity index (χ0n) is 15.8. The Morgan fingerprint density at radius 3 is 2.39 bits per heavy atom. The standard InChI is InChI=1S/C18H21N7O3/c1-10(2)8-24-14(26)15(27)25(18(24)28)9-13-21-16(19)23-17(22-13)20-12-7-5-4-6-11(12)3/h4-7,10H,8-9H2,1-3H3,(H3,19,20,21,22,23). The van der Waals surface area contributed by atoms with Crippen molar-refractivity contribution in [1.29, 1.82) is 0 Å². The molecule has 3 N–H and O–H groups in total. The Labute approximate surface area is 161 Å². The van der Waals surface area contributed by atoms with Crippen LogP contribution in [0, 0.1) is 12.8 Å². The molecule has 0 bridgehead atoms. The number of nitrogens with zero attached hydrogens (tertiary/aromatic N) is 5. The number of carbonyl (C=O) groups is 3. The summed E-state index contributed by atoms with van der Waals surface area (Å²) in [7, 11) is 0. The van der Waals surface area contributed by atoms with Crippen LogP contribution in [0.5, 0.6) is 0 Å². The summed E-state index contributed by atoms with van der Waals surface area (Å²) < 4.78 is 0. The number of urea groups is 1. The first-order valence-electron chi connectivity index (χ1n) is 8.76.